The van der Waals surface area contributed by atoms with Crippen molar-refractivity contribution in [1.29, 1.82) is 0 Å². The number of carbonyl (C=O) groups excluding carboxylic acids is 1. The summed E-state index contributed by atoms with van der Waals surface area (Å²) in [5.41, 5.74) is 0. The summed E-state index contributed by atoms with van der Waals surface area (Å²) in [5, 5.41) is 64.7. The van der Waals surface area contributed by atoms with Crippen LogP contribution in [-0.2, 0) is 14.3 Å². The average Bonchev–Trinajstić information content (AvgIpc) is 3.28. The Balaban J connectivity index is 2.27. The maximum absolute atomic E-state index is 13.1. The molecule has 1 fully saturated rings. The number of nitrogens with one attached hydrogen (secondary N) is 1. The molecule has 8 atom stereocenters. The van der Waals surface area contributed by atoms with E-state index >= 15 is 0 Å². The molecule has 1 amide bonds. The molecule has 0 saturated carbocycles. The van der Waals surface area contributed by atoms with Crippen molar-refractivity contribution in [2.45, 2.75) is 281 Å². The minimum Gasteiger partial charge on any atom is -0.394 e. The summed E-state index contributed by atoms with van der Waals surface area (Å²) in [7, 11) is 0. The highest BCUT2D eigenvalue weighted by Crippen LogP contribution is 2.23. The molecule has 7 N–H and O–H groups in total. The second-order valence-electron chi connectivity index (χ2n) is 18.4. The van der Waals surface area contributed by atoms with E-state index in [0.29, 0.717) is 19.3 Å². The number of rotatable bonds is 44. The molecule has 370 valence electrons. The van der Waals surface area contributed by atoms with E-state index in [-0.39, 0.29) is 6.61 Å². The second-order valence-corrected chi connectivity index (χ2v) is 18.4. The van der Waals surface area contributed by atoms with E-state index < -0.39 is 61.5 Å². The van der Waals surface area contributed by atoms with Crippen LogP contribution in [0.4, 0.5) is 0 Å². The van der Waals surface area contributed by atoms with E-state index in [4.69, 9.17) is 9.47 Å². The summed E-state index contributed by atoms with van der Waals surface area (Å²) in [6.45, 7) is 3.57. The zero-order valence-electron chi connectivity index (χ0n) is 40.4. The smallest absolute Gasteiger partial charge is 0.249 e. The predicted molar refractivity (Wildman–Crippen MR) is 259 cm³/mol. The lowest BCUT2D eigenvalue weighted by molar-refractivity contribution is -0.302. The molecule has 1 aliphatic heterocycles. The highest BCUT2D eigenvalue weighted by Gasteiger charge is 2.44. The van der Waals surface area contributed by atoms with Gasteiger partial charge in [-0.25, -0.2) is 0 Å². The second kappa shape index (κ2) is 43.0. The Bertz CT molecular complexity index is 1100. The van der Waals surface area contributed by atoms with Crippen LogP contribution < -0.4 is 5.32 Å². The quantitative estimate of drug-likeness (QED) is 0.0232. The Morgan fingerprint density at radius 1 is 0.540 bits per heavy atom. The van der Waals surface area contributed by atoms with E-state index in [2.05, 4.69) is 43.5 Å². The first kappa shape index (κ1) is 59.4. The molecule has 1 heterocycles. The van der Waals surface area contributed by atoms with Crippen LogP contribution in [0, 0.1) is 0 Å². The zero-order valence-corrected chi connectivity index (χ0v) is 40.4. The SMILES string of the molecule is CCCCC/C=C/CC/C=C/CC/C=C/C(O)C(COC1OC(CO)C(O)C(O)C1O)NC(=O)C(O)CCCCCCCCCCCCCCCCCCCCCCCCCCC. The predicted octanol–water partition coefficient (Wildman–Crippen LogP) is 11.0. The number of unbranched alkanes of at least 4 members (excludes halogenated alkanes) is 29. The van der Waals surface area contributed by atoms with E-state index in [9.17, 15) is 35.4 Å². The number of ether oxygens (including phenoxy) is 2. The lowest BCUT2D eigenvalue weighted by Crippen LogP contribution is -2.60. The van der Waals surface area contributed by atoms with Crippen LogP contribution in [0.2, 0.25) is 0 Å². The van der Waals surface area contributed by atoms with Crippen molar-refractivity contribution in [2.75, 3.05) is 13.2 Å². The van der Waals surface area contributed by atoms with Crippen LogP contribution in [0.3, 0.4) is 0 Å². The summed E-state index contributed by atoms with van der Waals surface area (Å²) in [5.74, 6) is -0.628. The standard InChI is InChI=1S/C53H99NO9/c1-3-5-7-9-11-13-15-17-18-19-20-21-22-23-24-25-26-27-28-30-32-34-36-38-40-42-47(57)52(61)54-45(44-62-53-51(60)50(59)49(58)48(43-55)63-53)46(56)41-39-37-35-33-31-29-16-14-12-10-8-6-4-2/h12,14,31,33,39,41,45-51,53,55-60H,3-11,13,15-30,32,34-38,40,42-44H2,1-2H3,(H,54,61)/b14-12+,33-31+,41-39+. The van der Waals surface area contributed by atoms with Crippen molar-refractivity contribution in [3.05, 3.63) is 36.5 Å². The molecular formula is C53H99NO9. The maximum atomic E-state index is 13.1. The van der Waals surface area contributed by atoms with Crippen LogP contribution >= 0.6 is 0 Å². The van der Waals surface area contributed by atoms with Gasteiger partial charge in [-0.1, -0.05) is 224 Å². The molecule has 0 aromatic heterocycles. The van der Waals surface area contributed by atoms with Crippen LogP contribution in [0.5, 0.6) is 0 Å². The first-order valence-corrected chi connectivity index (χ1v) is 26.3. The molecular weight excluding hydrogens is 795 g/mol. The Hall–Kier alpha value is -1.63. The third-order valence-electron chi connectivity index (χ3n) is 12.6. The van der Waals surface area contributed by atoms with Gasteiger partial charge in [0.25, 0.3) is 0 Å². The van der Waals surface area contributed by atoms with Gasteiger partial charge in [0.05, 0.1) is 25.4 Å². The van der Waals surface area contributed by atoms with Gasteiger partial charge >= 0.3 is 0 Å². The Kier molecular flexibility index (Phi) is 40.5. The summed E-state index contributed by atoms with van der Waals surface area (Å²) < 4.78 is 11.1. The molecule has 1 rings (SSSR count). The maximum Gasteiger partial charge on any atom is 0.249 e. The van der Waals surface area contributed by atoms with E-state index in [0.717, 1.165) is 44.9 Å². The summed E-state index contributed by atoms with van der Waals surface area (Å²) >= 11 is 0. The fourth-order valence-corrected chi connectivity index (χ4v) is 8.25. The van der Waals surface area contributed by atoms with Gasteiger partial charge in [0.15, 0.2) is 6.29 Å². The molecule has 1 aliphatic rings. The Morgan fingerprint density at radius 3 is 1.38 bits per heavy atom. The van der Waals surface area contributed by atoms with E-state index in [1.165, 1.54) is 154 Å². The number of aliphatic hydroxyl groups is 6. The van der Waals surface area contributed by atoms with Gasteiger partial charge in [0.2, 0.25) is 5.91 Å². The number of hydrogen-bond acceptors (Lipinski definition) is 9. The fraction of sp³-hybridized carbons (Fsp3) is 0.868. The van der Waals surface area contributed by atoms with E-state index in [1.54, 1.807) is 6.08 Å². The molecule has 0 aromatic carbocycles. The van der Waals surface area contributed by atoms with Crippen LogP contribution in [0.1, 0.15) is 232 Å². The highest BCUT2D eigenvalue weighted by atomic mass is 16.7. The van der Waals surface area contributed by atoms with Crippen molar-refractivity contribution >= 4 is 5.91 Å². The molecule has 0 bridgehead atoms. The highest BCUT2D eigenvalue weighted by molar-refractivity contribution is 5.80. The van der Waals surface area contributed by atoms with Gasteiger partial charge in [-0.15, -0.1) is 0 Å². The first-order chi connectivity index (χ1) is 30.8. The molecule has 0 aromatic rings. The van der Waals surface area contributed by atoms with Crippen LogP contribution in [0.15, 0.2) is 36.5 Å². The number of amides is 1. The zero-order chi connectivity index (χ0) is 46.0. The lowest BCUT2D eigenvalue weighted by Gasteiger charge is -2.40. The van der Waals surface area contributed by atoms with Gasteiger partial charge in [-0.2, -0.15) is 0 Å². The number of hydrogen-bond donors (Lipinski definition) is 7. The van der Waals surface area contributed by atoms with Crippen molar-refractivity contribution in [3.63, 3.8) is 0 Å². The van der Waals surface area contributed by atoms with Crippen molar-refractivity contribution in [2.24, 2.45) is 0 Å². The van der Waals surface area contributed by atoms with Crippen molar-refractivity contribution in [3.8, 4) is 0 Å². The third-order valence-corrected chi connectivity index (χ3v) is 12.6. The van der Waals surface area contributed by atoms with Gasteiger partial charge in [-0.05, 0) is 44.9 Å². The number of carbonyl (C=O) groups is 1. The molecule has 8 unspecified atom stereocenters. The molecule has 10 nitrogen and oxygen atoms in total. The third kappa shape index (κ3) is 32.7. The Morgan fingerprint density at radius 2 is 0.937 bits per heavy atom. The lowest BCUT2D eigenvalue weighted by atomic mass is 9.99. The van der Waals surface area contributed by atoms with Gasteiger partial charge < -0.3 is 45.4 Å². The van der Waals surface area contributed by atoms with E-state index in [1.807, 2.05) is 6.08 Å². The van der Waals surface area contributed by atoms with Crippen LogP contribution in [-0.4, -0.2) is 98.7 Å². The van der Waals surface area contributed by atoms with Crippen LogP contribution in [0.25, 0.3) is 0 Å². The minimum absolute atomic E-state index is 0.304. The topological polar surface area (TPSA) is 169 Å². The first-order valence-electron chi connectivity index (χ1n) is 26.3. The average molecular weight is 894 g/mol. The van der Waals surface area contributed by atoms with Crippen molar-refractivity contribution < 1.29 is 44.9 Å². The summed E-state index contributed by atoms with van der Waals surface area (Å²) in [6.07, 6.45) is 43.9. The Labute approximate surface area is 385 Å². The molecule has 63 heavy (non-hydrogen) atoms. The summed E-state index contributed by atoms with van der Waals surface area (Å²) in [4.78, 5) is 13.1. The number of aliphatic hydroxyl groups excluding tert-OH is 6. The normalized spacial score (nSPS) is 20.9. The van der Waals surface area contributed by atoms with Gasteiger partial charge in [0.1, 0.15) is 30.5 Å². The fourth-order valence-electron chi connectivity index (χ4n) is 8.25. The largest absolute Gasteiger partial charge is 0.394 e. The molecule has 0 spiro atoms. The van der Waals surface area contributed by atoms with Gasteiger partial charge in [-0.3, -0.25) is 4.79 Å². The molecule has 1 saturated heterocycles. The van der Waals surface area contributed by atoms with Crippen molar-refractivity contribution in [1.82, 2.24) is 5.32 Å². The monoisotopic (exact) mass is 894 g/mol. The molecule has 0 aliphatic carbocycles. The molecule has 0 radical (unpaired) electrons. The summed E-state index contributed by atoms with van der Waals surface area (Å²) in [6, 6.07) is -1.00. The molecule has 10 heteroatoms. The minimum atomic E-state index is -1.62. The van der Waals surface area contributed by atoms with Gasteiger partial charge in [0, 0.05) is 0 Å². The number of allylic oxidation sites excluding steroid dienone is 5.